The Bertz CT molecular complexity index is 1090. The molecule has 0 aromatic heterocycles. The first kappa shape index (κ1) is 24.6. The van der Waals surface area contributed by atoms with Gasteiger partial charge in [-0.1, -0.05) is 79.0 Å². The molecular weight excluding hydrogens is 488 g/mol. The molecule has 2 aromatic carbocycles. The second-order valence-electron chi connectivity index (χ2n) is 10.2. The molecule has 0 N–H and O–H groups in total. The van der Waals surface area contributed by atoms with Crippen LogP contribution in [-0.4, -0.2) is 22.1 Å². The molecule has 0 bridgehead atoms. The number of benzene rings is 2. The summed E-state index contributed by atoms with van der Waals surface area (Å²) in [6.45, 7) is 16.6. The summed E-state index contributed by atoms with van der Waals surface area (Å²) in [6.07, 6.45) is 7.76. The first-order chi connectivity index (χ1) is 14.1. The summed E-state index contributed by atoms with van der Waals surface area (Å²) in [5.41, 5.74) is 10.2. The van der Waals surface area contributed by atoms with Gasteiger partial charge in [-0.25, -0.2) is 0 Å². The third kappa shape index (κ3) is 4.55. The van der Waals surface area contributed by atoms with Gasteiger partial charge >= 0.3 is 0 Å². The molecule has 2 aliphatic rings. The predicted octanol–water partition coefficient (Wildman–Crippen LogP) is 7.86. The van der Waals surface area contributed by atoms with E-state index in [0.29, 0.717) is 5.73 Å². The van der Waals surface area contributed by atoms with Gasteiger partial charge in [-0.2, -0.15) is 0 Å². The quantitative estimate of drug-likeness (QED) is 0.311. The van der Waals surface area contributed by atoms with Crippen molar-refractivity contribution in [2.24, 2.45) is 0 Å². The molecule has 31 heavy (non-hydrogen) atoms. The molecule has 4 rings (SSSR count). The van der Waals surface area contributed by atoms with Crippen molar-refractivity contribution in [3.63, 3.8) is 0 Å². The summed E-state index contributed by atoms with van der Waals surface area (Å²) >= 11 is 0. The Kier molecular flexibility index (Phi) is 7.18. The molecule has 4 heteroatoms. The van der Waals surface area contributed by atoms with E-state index in [2.05, 4.69) is 107 Å². The summed E-state index contributed by atoms with van der Waals surface area (Å²) in [5.74, 6) is 0. The fraction of sp³-hybridized carbons (Fsp3) is 0.333. The minimum absolute atomic E-state index is 0. The molecule has 0 spiro atoms. The molecule has 1 nitrogen and oxygen atoms in total. The van der Waals surface area contributed by atoms with E-state index in [1.54, 1.807) is 5.20 Å². The second kappa shape index (κ2) is 9.06. The third-order valence-corrected chi connectivity index (χ3v) is 12.4. The van der Waals surface area contributed by atoms with E-state index in [0.717, 1.165) is 6.42 Å². The van der Waals surface area contributed by atoms with Crippen LogP contribution >= 0.6 is 0 Å². The van der Waals surface area contributed by atoms with Gasteiger partial charge in [-0.15, -0.1) is 0 Å². The molecule has 0 aliphatic heterocycles. The molecule has 0 saturated carbocycles. The standard InChI is InChI=1S/C27H34OSi2.Zr/c1-19(30(6,7)20(2)28-29(3,4)5)26-24-16-11-10-15-23(24)25-18-12-17-22(27(25)26)21-13-8-9-14-21;/h8-13,15-18,20H,14H2,1-7H3;/b26-19-;. The van der Waals surface area contributed by atoms with E-state index in [9.17, 15) is 0 Å². The van der Waals surface area contributed by atoms with Crippen molar-refractivity contribution in [3.05, 3.63) is 82.6 Å². The Morgan fingerprint density at radius 2 is 1.48 bits per heavy atom. The number of hydrogen-bond donors (Lipinski definition) is 0. The Hall–Kier alpha value is -1.06. The van der Waals surface area contributed by atoms with Gasteiger partial charge in [-0.05, 0) is 78.9 Å². The van der Waals surface area contributed by atoms with Gasteiger partial charge in [0, 0.05) is 31.9 Å². The van der Waals surface area contributed by atoms with E-state index in [1.165, 1.54) is 39.0 Å². The number of rotatable bonds is 5. The van der Waals surface area contributed by atoms with Gasteiger partial charge in [0.05, 0.1) is 0 Å². The molecule has 0 radical (unpaired) electrons. The van der Waals surface area contributed by atoms with Crippen LogP contribution < -0.4 is 0 Å². The first-order valence-corrected chi connectivity index (χ1v) is 17.6. The average molecular weight is 522 g/mol. The van der Waals surface area contributed by atoms with Crippen molar-refractivity contribution in [1.29, 1.82) is 0 Å². The van der Waals surface area contributed by atoms with E-state index >= 15 is 0 Å². The van der Waals surface area contributed by atoms with Crippen LogP contribution in [0.15, 0.2) is 65.9 Å². The van der Waals surface area contributed by atoms with Crippen LogP contribution in [0.3, 0.4) is 0 Å². The first-order valence-electron chi connectivity index (χ1n) is 11.1. The number of allylic oxidation sites excluding steroid dienone is 5. The largest absolute Gasteiger partial charge is 0.418 e. The predicted molar refractivity (Wildman–Crippen MR) is 137 cm³/mol. The van der Waals surface area contributed by atoms with Crippen molar-refractivity contribution in [2.45, 2.75) is 58.7 Å². The number of hydrogen-bond acceptors (Lipinski definition) is 1. The van der Waals surface area contributed by atoms with Crippen molar-refractivity contribution < 1.29 is 30.6 Å². The summed E-state index contributed by atoms with van der Waals surface area (Å²) in [4.78, 5) is 0. The molecule has 1 unspecified atom stereocenters. The van der Waals surface area contributed by atoms with Crippen molar-refractivity contribution >= 4 is 27.5 Å². The van der Waals surface area contributed by atoms with Crippen LogP contribution in [0.5, 0.6) is 0 Å². The van der Waals surface area contributed by atoms with Gasteiger partial charge in [0.15, 0.2) is 8.32 Å². The van der Waals surface area contributed by atoms with Gasteiger partial charge in [0.2, 0.25) is 0 Å². The van der Waals surface area contributed by atoms with Gasteiger partial charge in [0.25, 0.3) is 0 Å². The summed E-state index contributed by atoms with van der Waals surface area (Å²) < 4.78 is 6.63. The molecule has 0 amide bonds. The third-order valence-electron chi connectivity index (χ3n) is 6.81. The summed E-state index contributed by atoms with van der Waals surface area (Å²) in [5, 5.41) is 1.55. The molecule has 0 saturated heterocycles. The van der Waals surface area contributed by atoms with Crippen LogP contribution in [0.25, 0.3) is 22.3 Å². The number of fused-ring (bicyclic) bond motifs is 3. The van der Waals surface area contributed by atoms with Crippen molar-refractivity contribution in [1.82, 2.24) is 0 Å². The molecule has 160 valence electrons. The zero-order valence-corrected chi connectivity index (χ0v) is 24.4. The average Bonchev–Trinajstić information content (AvgIpc) is 3.32. The zero-order valence-electron chi connectivity index (χ0n) is 20.0. The minimum atomic E-state index is -1.83. The van der Waals surface area contributed by atoms with Crippen LogP contribution in [0.4, 0.5) is 0 Å². The summed E-state index contributed by atoms with van der Waals surface area (Å²) in [7, 11) is -3.42. The van der Waals surface area contributed by atoms with E-state index < -0.39 is 16.4 Å². The second-order valence-corrected chi connectivity index (χ2v) is 19.7. The monoisotopic (exact) mass is 520 g/mol. The zero-order chi connectivity index (χ0) is 21.7. The maximum atomic E-state index is 6.63. The normalized spacial score (nSPS) is 17.6. The molecule has 1 atom stereocenters. The molecular formula is C27H34OSi2Zr. The molecule has 0 fully saturated rings. The smallest absolute Gasteiger partial charge is 0.183 e. The SMILES string of the molecule is C/C(=C1\c2ccccc2-c2cccc(C3=CC=CC3)c21)[Si](C)(C)C(C)O[Si](C)(C)C.[Zr]. The Labute approximate surface area is 209 Å². The summed E-state index contributed by atoms with van der Waals surface area (Å²) in [6, 6.07) is 15.8. The van der Waals surface area contributed by atoms with Crippen molar-refractivity contribution in [3.8, 4) is 11.1 Å². The molecule has 2 aliphatic carbocycles. The van der Waals surface area contributed by atoms with Crippen LogP contribution in [0.1, 0.15) is 37.0 Å². The van der Waals surface area contributed by atoms with Gasteiger partial charge in [0.1, 0.15) is 8.07 Å². The Balaban J connectivity index is 0.00000272. The van der Waals surface area contributed by atoms with Crippen LogP contribution in [0.2, 0.25) is 32.7 Å². The maximum Gasteiger partial charge on any atom is 0.183 e. The fourth-order valence-corrected chi connectivity index (χ4v) is 9.54. The van der Waals surface area contributed by atoms with Gasteiger partial charge < -0.3 is 4.43 Å². The van der Waals surface area contributed by atoms with Crippen LogP contribution in [0, 0.1) is 0 Å². The van der Waals surface area contributed by atoms with E-state index in [1.807, 2.05) is 0 Å². The van der Waals surface area contributed by atoms with E-state index in [4.69, 9.17) is 4.43 Å². The minimum Gasteiger partial charge on any atom is -0.418 e. The van der Waals surface area contributed by atoms with Crippen LogP contribution in [-0.2, 0) is 30.6 Å². The van der Waals surface area contributed by atoms with E-state index in [-0.39, 0.29) is 26.2 Å². The topological polar surface area (TPSA) is 9.23 Å². The molecule has 0 heterocycles. The fourth-order valence-electron chi connectivity index (χ4n) is 4.73. The Morgan fingerprint density at radius 1 is 0.871 bits per heavy atom. The maximum absolute atomic E-state index is 6.63. The Morgan fingerprint density at radius 3 is 2.10 bits per heavy atom. The van der Waals surface area contributed by atoms with Crippen molar-refractivity contribution in [2.75, 3.05) is 0 Å². The molecule has 2 aromatic rings. The van der Waals surface area contributed by atoms with Gasteiger partial charge in [-0.3, -0.25) is 0 Å².